The van der Waals surface area contributed by atoms with Gasteiger partial charge in [-0.15, -0.1) is 0 Å². The highest BCUT2D eigenvalue weighted by molar-refractivity contribution is 6.07. The normalized spacial score (nSPS) is 32.1. The predicted molar refractivity (Wildman–Crippen MR) is 72.9 cm³/mol. The summed E-state index contributed by atoms with van der Waals surface area (Å²) in [4.78, 5) is 14.6. The monoisotopic (exact) mass is 268 g/mol. The quantitative estimate of drug-likeness (QED) is 0.291. The third-order valence-corrected chi connectivity index (χ3v) is 4.34. The van der Waals surface area contributed by atoms with Crippen molar-refractivity contribution < 1.29 is 10.0 Å². The highest BCUT2D eigenvalue weighted by Gasteiger charge is 2.52. The van der Waals surface area contributed by atoms with E-state index in [-0.39, 0.29) is 11.7 Å². The number of hydrogen-bond acceptors (Lipinski definition) is 4. The summed E-state index contributed by atoms with van der Waals surface area (Å²) in [5, 5.41) is 14.8. The molecule has 0 aromatic carbocycles. The molecule has 2 fully saturated rings. The van der Waals surface area contributed by atoms with E-state index in [0.29, 0.717) is 25.3 Å². The van der Waals surface area contributed by atoms with Gasteiger partial charge in [-0.2, -0.15) is 0 Å². The number of amidine groups is 1. The van der Waals surface area contributed by atoms with E-state index in [4.69, 9.17) is 10.9 Å². The van der Waals surface area contributed by atoms with Gasteiger partial charge >= 0.3 is 0 Å². The van der Waals surface area contributed by atoms with Gasteiger partial charge in [-0.05, 0) is 44.7 Å². The molecule has 0 atom stereocenters. The number of nitrogens with zero attached hydrogens (tertiary/aromatic N) is 2. The van der Waals surface area contributed by atoms with Crippen LogP contribution in [0, 0.1) is 11.3 Å². The van der Waals surface area contributed by atoms with Crippen molar-refractivity contribution in [3.05, 3.63) is 0 Å². The third kappa shape index (κ3) is 2.83. The molecule has 1 saturated carbocycles. The molecule has 0 radical (unpaired) electrons. The largest absolute Gasteiger partial charge is 0.409 e. The first-order chi connectivity index (χ1) is 9.08. The van der Waals surface area contributed by atoms with Gasteiger partial charge in [0.15, 0.2) is 5.84 Å². The van der Waals surface area contributed by atoms with E-state index in [0.717, 1.165) is 19.6 Å². The van der Waals surface area contributed by atoms with Crippen LogP contribution < -0.4 is 11.1 Å². The summed E-state index contributed by atoms with van der Waals surface area (Å²) in [6, 6.07) is 0. The first-order valence-corrected chi connectivity index (χ1v) is 7.07. The van der Waals surface area contributed by atoms with Gasteiger partial charge in [-0.3, -0.25) is 4.79 Å². The van der Waals surface area contributed by atoms with Crippen LogP contribution in [0.1, 0.15) is 32.6 Å². The van der Waals surface area contributed by atoms with Crippen molar-refractivity contribution in [2.24, 2.45) is 22.2 Å². The number of nitrogens with two attached hydrogens (primary N) is 1. The third-order valence-electron chi connectivity index (χ3n) is 4.34. The molecule has 1 saturated heterocycles. The molecule has 0 aromatic heterocycles. The van der Waals surface area contributed by atoms with Crippen LogP contribution in [-0.2, 0) is 4.79 Å². The van der Waals surface area contributed by atoms with E-state index in [1.165, 1.54) is 12.8 Å². The molecule has 2 aliphatic rings. The van der Waals surface area contributed by atoms with E-state index in [1.807, 2.05) is 0 Å². The summed E-state index contributed by atoms with van der Waals surface area (Å²) in [6.07, 6.45) is 3.83. The molecule has 1 heterocycles. The minimum absolute atomic E-state index is 0.0456. The number of carbonyl (C=O) groups excluding carboxylic acids is 1. The van der Waals surface area contributed by atoms with Crippen molar-refractivity contribution in [2.75, 3.05) is 26.2 Å². The van der Waals surface area contributed by atoms with E-state index < -0.39 is 5.41 Å². The van der Waals surface area contributed by atoms with Gasteiger partial charge < -0.3 is 21.2 Å². The van der Waals surface area contributed by atoms with Crippen LogP contribution in [0.4, 0.5) is 0 Å². The molecule has 0 bridgehead atoms. The first-order valence-electron chi connectivity index (χ1n) is 7.07. The number of nitrogens with one attached hydrogen (secondary N) is 1. The summed E-state index contributed by atoms with van der Waals surface area (Å²) in [5.74, 6) is 0.397. The lowest BCUT2D eigenvalue weighted by molar-refractivity contribution is -0.133. The maximum absolute atomic E-state index is 12.3. The van der Waals surface area contributed by atoms with Crippen LogP contribution >= 0.6 is 0 Å². The average molecular weight is 268 g/mol. The Labute approximate surface area is 114 Å². The van der Waals surface area contributed by atoms with Crippen molar-refractivity contribution in [2.45, 2.75) is 32.6 Å². The molecule has 6 nitrogen and oxygen atoms in total. The number of likely N-dealkylation sites (tertiary alicyclic amines) is 1. The number of rotatable bonds is 5. The Kier molecular flexibility index (Phi) is 4.29. The zero-order valence-corrected chi connectivity index (χ0v) is 11.6. The summed E-state index contributed by atoms with van der Waals surface area (Å²) >= 11 is 0. The van der Waals surface area contributed by atoms with Crippen molar-refractivity contribution in [3.63, 3.8) is 0 Å². The maximum atomic E-state index is 12.3. The Balaban J connectivity index is 1.83. The van der Waals surface area contributed by atoms with Gasteiger partial charge in [0.05, 0.1) is 0 Å². The molecule has 0 aromatic rings. The number of oxime groups is 1. The molecule has 1 aliphatic heterocycles. The van der Waals surface area contributed by atoms with Crippen molar-refractivity contribution in [1.29, 1.82) is 0 Å². The predicted octanol–water partition coefficient (Wildman–Crippen LogP) is 0.361. The lowest BCUT2D eigenvalue weighted by Gasteiger charge is -2.43. The van der Waals surface area contributed by atoms with Gasteiger partial charge in [0.1, 0.15) is 5.41 Å². The Morgan fingerprint density at radius 1 is 1.47 bits per heavy atom. The minimum Gasteiger partial charge on any atom is -0.409 e. The molecule has 6 heteroatoms. The average Bonchev–Trinajstić information content (AvgIpc) is 2.86. The molecule has 2 rings (SSSR count). The van der Waals surface area contributed by atoms with Crippen LogP contribution in [0.25, 0.3) is 0 Å². The summed E-state index contributed by atoms with van der Waals surface area (Å²) in [5.41, 5.74) is 4.92. The Morgan fingerprint density at radius 2 is 2.11 bits per heavy atom. The van der Waals surface area contributed by atoms with Gasteiger partial charge in [0, 0.05) is 13.1 Å². The smallest absolute Gasteiger partial charge is 0.234 e. The molecule has 0 unspecified atom stereocenters. The van der Waals surface area contributed by atoms with Crippen molar-refractivity contribution >= 4 is 11.7 Å². The second-order valence-corrected chi connectivity index (χ2v) is 5.89. The molecule has 1 amide bonds. The fourth-order valence-corrected chi connectivity index (χ4v) is 3.24. The van der Waals surface area contributed by atoms with E-state index in [9.17, 15) is 4.79 Å². The van der Waals surface area contributed by atoms with Gasteiger partial charge in [0.2, 0.25) is 5.91 Å². The number of carbonyl (C=O) groups is 1. The minimum atomic E-state index is -0.779. The van der Waals surface area contributed by atoms with Gasteiger partial charge in [-0.25, -0.2) is 0 Å². The highest BCUT2D eigenvalue weighted by Crippen LogP contribution is 2.45. The topological polar surface area (TPSA) is 91.0 Å². The highest BCUT2D eigenvalue weighted by atomic mass is 16.4. The zero-order chi connectivity index (χ0) is 13.9. The van der Waals surface area contributed by atoms with Crippen molar-refractivity contribution in [1.82, 2.24) is 10.2 Å². The number of hydrogen-bond donors (Lipinski definition) is 3. The first kappa shape index (κ1) is 14.1. The number of amides is 1. The Bertz CT molecular complexity index is 358. The zero-order valence-electron chi connectivity index (χ0n) is 11.6. The van der Waals surface area contributed by atoms with Crippen LogP contribution in [0.5, 0.6) is 0 Å². The molecule has 4 N–H and O–H groups in total. The molecule has 1 aliphatic carbocycles. The van der Waals surface area contributed by atoms with E-state index in [2.05, 4.69) is 22.3 Å². The summed E-state index contributed by atoms with van der Waals surface area (Å²) < 4.78 is 0. The Morgan fingerprint density at radius 3 is 2.63 bits per heavy atom. The van der Waals surface area contributed by atoms with Gasteiger partial charge in [-0.1, -0.05) is 12.1 Å². The SMILES string of the molecule is CC1CC(C(=O)NCCN2CCCC2)(C(N)=NO)C1. The summed E-state index contributed by atoms with van der Waals surface area (Å²) in [7, 11) is 0. The lowest BCUT2D eigenvalue weighted by atomic mass is 9.61. The second-order valence-electron chi connectivity index (χ2n) is 5.89. The Hall–Kier alpha value is -1.30. The van der Waals surface area contributed by atoms with Crippen LogP contribution in [0.15, 0.2) is 5.16 Å². The molecule has 0 spiro atoms. The lowest BCUT2D eigenvalue weighted by Crippen LogP contribution is -2.57. The molecule has 19 heavy (non-hydrogen) atoms. The molecule has 108 valence electrons. The van der Waals surface area contributed by atoms with E-state index in [1.54, 1.807) is 0 Å². The van der Waals surface area contributed by atoms with Crippen LogP contribution in [0.2, 0.25) is 0 Å². The maximum Gasteiger partial charge on any atom is 0.234 e. The standard InChI is InChI=1S/C13H24N4O2/c1-10-8-13(9-10,11(14)16-19)12(18)15-4-7-17-5-2-3-6-17/h10,19H,2-9H2,1H3,(H2,14,16)(H,15,18). The van der Waals surface area contributed by atoms with Crippen LogP contribution in [0.3, 0.4) is 0 Å². The van der Waals surface area contributed by atoms with Crippen molar-refractivity contribution in [3.8, 4) is 0 Å². The second kappa shape index (κ2) is 5.77. The van der Waals surface area contributed by atoms with Gasteiger partial charge in [0.25, 0.3) is 0 Å². The fraction of sp³-hybridized carbons (Fsp3) is 0.846. The summed E-state index contributed by atoms with van der Waals surface area (Å²) in [6.45, 7) is 5.83. The van der Waals surface area contributed by atoms with E-state index >= 15 is 0 Å². The fourth-order valence-electron chi connectivity index (χ4n) is 3.24. The molecular weight excluding hydrogens is 244 g/mol. The van der Waals surface area contributed by atoms with Crippen LogP contribution in [-0.4, -0.2) is 48.0 Å². The molecular formula is C13H24N4O2.